The van der Waals surface area contributed by atoms with Crippen molar-refractivity contribution in [1.29, 1.82) is 0 Å². The predicted octanol–water partition coefficient (Wildman–Crippen LogP) is 1.25. The normalized spacial score (nSPS) is 10.3. The maximum Gasteiger partial charge on any atom is 0.234 e. The van der Waals surface area contributed by atoms with E-state index < -0.39 is 0 Å². The van der Waals surface area contributed by atoms with Crippen LogP contribution in [0.4, 0.5) is 5.69 Å². The van der Waals surface area contributed by atoms with Gasteiger partial charge in [0, 0.05) is 18.8 Å². The lowest BCUT2D eigenvalue weighted by Crippen LogP contribution is -2.14. The van der Waals surface area contributed by atoms with Crippen molar-refractivity contribution in [3.63, 3.8) is 0 Å². The highest BCUT2D eigenvalue weighted by Crippen LogP contribution is 2.17. The highest BCUT2D eigenvalue weighted by molar-refractivity contribution is 7.99. The summed E-state index contributed by atoms with van der Waals surface area (Å²) in [6.07, 6.45) is 1.58. The summed E-state index contributed by atoms with van der Waals surface area (Å²) >= 11 is 1.30. The number of phenolic OH excluding ortho intramolecular Hbond substituents is 1. The Hall–Kier alpha value is -2.02. The number of nitrogens with zero attached hydrogens (tertiary/aromatic N) is 3. The van der Waals surface area contributed by atoms with Crippen LogP contribution in [0.3, 0.4) is 0 Å². The maximum atomic E-state index is 11.7. The second kappa shape index (κ2) is 5.54. The first kappa shape index (κ1) is 12.4. The van der Waals surface area contributed by atoms with Gasteiger partial charge in [-0.1, -0.05) is 17.8 Å². The molecule has 0 saturated heterocycles. The van der Waals surface area contributed by atoms with Crippen molar-refractivity contribution >= 4 is 23.4 Å². The summed E-state index contributed by atoms with van der Waals surface area (Å²) in [7, 11) is 1.81. The largest absolute Gasteiger partial charge is 0.508 e. The van der Waals surface area contributed by atoms with Gasteiger partial charge in [-0.3, -0.25) is 4.79 Å². The van der Waals surface area contributed by atoms with E-state index >= 15 is 0 Å². The van der Waals surface area contributed by atoms with Gasteiger partial charge in [-0.2, -0.15) is 0 Å². The minimum absolute atomic E-state index is 0.119. The fourth-order valence-electron chi connectivity index (χ4n) is 1.31. The van der Waals surface area contributed by atoms with E-state index in [0.717, 1.165) is 0 Å². The molecule has 2 N–H and O–H groups in total. The van der Waals surface area contributed by atoms with Crippen molar-refractivity contribution in [3.05, 3.63) is 30.6 Å². The fourth-order valence-corrected chi connectivity index (χ4v) is 2.00. The fraction of sp³-hybridized carbons (Fsp3) is 0.182. The molecule has 0 bridgehead atoms. The van der Waals surface area contributed by atoms with Crippen LogP contribution in [-0.4, -0.2) is 31.5 Å². The average Bonchev–Trinajstić information content (AvgIpc) is 2.72. The maximum absolute atomic E-state index is 11.7. The van der Waals surface area contributed by atoms with Crippen molar-refractivity contribution in [1.82, 2.24) is 14.8 Å². The molecule has 0 spiro atoms. The van der Waals surface area contributed by atoms with Crippen LogP contribution in [0.15, 0.2) is 35.7 Å². The van der Waals surface area contributed by atoms with Gasteiger partial charge in [0.25, 0.3) is 0 Å². The summed E-state index contributed by atoms with van der Waals surface area (Å²) in [6, 6.07) is 6.42. The molecule has 1 aromatic carbocycles. The van der Waals surface area contributed by atoms with E-state index in [1.54, 1.807) is 29.1 Å². The SMILES string of the molecule is Cn1cnnc1SCC(=O)Nc1cccc(O)c1. The molecule has 1 aromatic heterocycles. The summed E-state index contributed by atoms with van der Waals surface area (Å²) in [5.74, 6) is 0.199. The molecule has 0 radical (unpaired) electrons. The lowest BCUT2D eigenvalue weighted by molar-refractivity contribution is -0.113. The summed E-state index contributed by atoms with van der Waals surface area (Å²) in [4.78, 5) is 11.7. The molecule has 0 fully saturated rings. The first-order valence-electron chi connectivity index (χ1n) is 5.21. The lowest BCUT2D eigenvalue weighted by Gasteiger charge is -2.04. The van der Waals surface area contributed by atoms with Gasteiger partial charge in [0.15, 0.2) is 5.16 Å². The Labute approximate surface area is 108 Å². The average molecular weight is 264 g/mol. The molecule has 0 unspecified atom stereocenters. The van der Waals surface area contributed by atoms with Crippen LogP contribution in [0.2, 0.25) is 0 Å². The Kier molecular flexibility index (Phi) is 3.83. The molecule has 1 heterocycles. The summed E-state index contributed by atoms with van der Waals surface area (Å²) in [5, 5.41) is 20.2. The number of amides is 1. The zero-order chi connectivity index (χ0) is 13.0. The molecule has 0 aliphatic rings. The number of carbonyl (C=O) groups excluding carboxylic acids is 1. The standard InChI is InChI=1S/C11H12N4O2S/c1-15-7-12-14-11(15)18-6-10(17)13-8-3-2-4-9(16)5-8/h2-5,7,16H,6H2,1H3,(H,13,17). The van der Waals surface area contributed by atoms with Gasteiger partial charge < -0.3 is 15.0 Å². The smallest absolute Gasteiger partial charge is 0.234 e. The monoisotopic (exact) mass is 264 g/mol. The number of rotatable bonds is 4. The van der Waals surface area contributed by atoms with E-state index in [4.69, 9.17) is 0 Å². The third-order valence-corrected chi connectivity index (χ3v) is 3.17. The number of carbonyl (C=O) groups is 1. The first-order chi connectivity index (χ1) is 8.65. The van der Waals surface area contributed by atoms with E-state index in [1.165, 1.54) is 17.8 Å². The zero-order valence-corrected chi connectivity index (χ0v) is 10.5. The van der Waals surface area contributed by atoms with Gasteiger partial charge in [0.1, 0.15) is 12.1 Å². The predicted molar refractivity (Wildman–Crippen MR) is 68.5 cm³/mol. The Morgan fingerprint density at radius 3 is 3.06 bits per heavy atom. The number of thioether (sulfide) groups is 1. The summed E-state index contributed by atoms with van der Waals surface area (Å²) in [5.41, 5.74) is 0.568. The number of phenols is 1. The number of aromatic nitrogens is 3. The third-order valence-electron chi connectivity index (χ3n) is 2.13. The number of hydrogen-bond acceptors (Lipinski definition) is 5. The molecule has 18 heavy (non-hydrogen) atoms. The van der Waals surface area contributed by atoms with Crippen LogP contribution in [0.5, 0.6) is 5.75 Å². The molecule has 1 amide bonds. The Morgan fingerprint density at radius 2 is 2.39 bits per heavy atom. The van der Waals surface area contributed by atoms with Crippen LogP contribution in [-0.2, 0) is 11.8 Å². The van der Waals surface area contributed by atoms with Crippen molar-refractivity contribution in [3.8, 4) is 5.75 Å². The quantitative estimate of drug-likeness (QED) is 0.812. The van der Waals surface area contributed by atoms with E-state index in [-0.39, 0.29) is 17.4 Å². The van der Waals surface area contributed by atoms with Crippen LogP contribution < -0.4 is 5.32 Å². The number of hydrogen-bond donors (Lipinski definition) is 2. The van der Waals surface area contributed by atoms with Crippen molar-refractivity contribution in [2.45, 2.75) is 5.16 Å². The molecule has 2 aromatic rings. The molecule has 6 nitrogen and oxygen atoms in total. The molecular weight excluding hydrogens is 252 g/mol. The zero-order valence-electron chi connectivity index (χ0n) is 9.70. The Balaban J connectivity index is 1.88. The van der Waals surface area contributed by atoms with Crippen molar-refractivity contribution in [2.75, 3.05) is 11.1 Å². The van der Waals surface area contributed by atoms with Gasteiger partial charge in [-0.05, 0) is 12.1 Å². The molecular formula is C11H12N4O2S. The topological polar surface area (TPSA) is 80.0 Å². The van der Waals surface area contributed by atoms with Crippen molar-refractivity contribution in [2.24, 2.45) is 7.05 Å². The molecule has 94 valence electrons. The molecule has 0 aliphatic heterocycles. The Bertz CT molecular complexity index is 555. The van der Waals surface area contributed by atoms with Crippen LogP contribution in [0.25, 0.3) is 0 Å². The van der Waals surface area contributed by atoms with Gasteiger partial charge in [0.2, 0.25) is 5.91 Å². The summed E-state index contributed by atoms with van der Waals surface area (Å²) in [6.45, 7) is 0. The number of aryl methyl sites for hydroxylation is 1. The second-order valence-corrected chi connectivity index (χ2v) is 4.55. The number of benzene rings is 1. The van der Waals surface area contributed by atoms with Gasteiger partial charge in [-0.15, -0.1) is 10.2 Å². The molecule has 0 aliphatic carbocycles. The summed E-state index contributed by atoms with van der Waals surface area (Å²) < 4.78 is 1.74. The second-order valence-electron chi connectivity index (χ2n) is 3.61. The van der Waals surface area contributed by atoms with Gasteiger partial charge in [0.05, 0.1) is 5.75 Å². The highest BCUT2D eigenvalue weighted by atomic mass is 32.2. The molecule has 0 saturated carbocycles. The minimum atomic E-state index is -0.159. The minimum Gasteiger partial charge on any atom is -0.508 e. The van der Waals surface area contributed by atoms with E-state index in [9.17, 15) is 9.90 Å². The number of nitrogens with one attached hydrogen (secondary N) is 1. The van der Waals surface area contributed by atoms with E-state index in [2.05, 4.69) is 15.5 Å². The number of anilines is 1. The van der Waals surface area contributed by atoms with Crippen LogP contribution in [0, 0.1) is 0 Å². The molecule has 2 rings (SSSR count). The van der Waals surface area contributed by atoms with Crippen LogP contribution >= 0.6 is 11.8 Å². The third kappa shape index (κ3) is 3.24. The van der Waals surface area contributed by atoms with E-state index in [0.29, 0.717) is 10.8 Å². The first-order valence-corrected chi connectivity index (χ1v) is 6.19. The van der Waals surface area contributed by atoms with Crippen LogP contribution in [0.1, 0.15) is 0 Å². The highest BCUT2D eigenvalue weighted by Gasteiger charge is 2.07. The van der Waals surface area contributed by atoms with Crippen molar-refractivity contribution < 1.29 is 9.90 Å². The number of aromatic hydroxyl groups is 1. The van der Waals surface area contributed by atoms with Gasteiger partial charge >= 0.3 is 0 Å². The van der Waals surface area contributed by atoms with E-state index in [1.807, 2.05) is 7.05 Å². The molecule has 0 atom stereocenters. The molecule has 7 heteroatoms. The van der Waals surface area contributed by atoms with Gasteiger partial charge in [-0.25, -0.2) is 0 Å². The lowest BCUT2D eigenvalue weighted by atomic mass is 10.3. The Morgan fingerprint density at radius 1 is 1.56 bits per heavy atom.